The fourth-order valence-corrected chi connectivity index (χ4v) is 5.55. The number of nitrogens with one attached hydrogen (secondary N) is 2. The summed E-state index contributed by atoms with van der Waals surface area (Å²) in [5.41, 5.74) is 2.36. The maximum Gasteiger partial charge on any atom is 0.240 e. The van der Waals surface area contributed by atoms with Gasteiger partial charge in [0.2, 0.25) is 6.17 Å². The second-order valence-corrected chi connectivity index (χ2v) is 7.81. The first kappa shape index (κ1) is 11.9. The number of piperidine rings is 2. The molecule has 0 unspecified atom stereocenters. The Labute approximate surface area is 114 Å². The van der Waals surface area contributed by atoms with Gasteiger partial charge in [-0.2, -0.15) is 0 Å². The molecule has 1 aromatic rings. The van der Waals surface area contributed by atoms with E-state index in [1.807, 2.05) is 12.1 Å². The summed E-state index contributed by atoms with van der Waals surface area (Å²) in [7, 11) is 0. The van der Waals surface area contributed by atoms with Crippen LogP contribution in [0.3, 0.4) is 0 Å². The van der Waals surface area contributed by atoms with Crippen molar-refractivity contribution in [2.45, 2.75) is 26.4 Å². The minimum absolute atomic E-state index is 0.124. The van der Waals surface area contributed by atoms with Gasteiger partial charge in [0.1, 0.15) is 5.82 Å². The van der Waals surface area contributed by atoms with Crippen LogP contribution in [-0.4, -0.2) is 26.2 Å². The van der Waals surface area contributed by atoms with Crippen molar-refractivity contribution in [2.75, 3.05) is 26.2 Å². The largest absolute Gasteiger partial charge is 0.281 e. The van der Waals surface area contributed by atoms with Gasteiger partial charge in [0, 0.05) is 0 Å². The molecule has 0 saturated carbocycles. The smallest absolute Gasteiger partial charge is 0.240 e. The van der Waals surface area contributed by atoms with Gasteiger partial charge in [0.25, 0.3) is 0 Å². The Kier molecular flexibility index (Phi) is 2.24. The lowest BCUT2D eigenvalue weighted by molar-refractivity contribution is -1.18. The molecule has 0 atom stereocenters. The molecule has 19 heavy (non-hydrogen) atoms. The highest BCUT2D eigenvalue weighted by atomic mass is 19.1. The van der Waals surface area contributed by atoms with E-state index >= 15 is 0 Å². The minimum Gasteiger partial charge on any atom is -0.281 e. The second kappa shape index (κ2) is 3.58. The van der Waals surface area contributed by atoms with Crippen molar-refractivity contribution in [3.63, 3.8) is 0 Å². The third-order valence-corrected chi connectivity index (χ3v) is 5.49. The van der Waals surface area contributed by atoms with Gasteiger partial charge >= 0.3 is 0 Å². The molecule has 4 aliphatic heterocycles. The van der Waals surface area contributed by atoms with Gasteiger partial charge in [-0.25, -0.2) is 4.39 Å². The van der Waals surface area contributed by atoms with E-state index < -0.39 is 0 Å². The summed E-state index contributed by atoms with van der Waals surface area (Å²) < 4.78 is 13.1. The normalized spacial score (nSPS) is 47.6. The van der Waals surface area contributed by atoms with Crippen LogP contribution in [0, 0.1) is 16.6 Å². The highest BCUT2D eigenvalue weighted by molar-refractivity contribution is 5.17. The standard InChI is InChI=1S/C16H21FN2/c1-15-7-16(2)10-18(8-15)14(19(9-15)11-16)12-3-5-13(17)6-4-12/h3-6,14H,7-11H2,1-2H3/p+2. The fraction of sp³-hybridized carbons (Fsp3) is 0.625. The Bertz CT molecular complexity index is 474. The summed E-state index contributed by atoms with van der Waals surface area (Å²) in [5.74, 6) is -0.124. The molecule has 0 spiro atoms. The summed E-state index contributed by atoms with van der Waals surface area (Å²) in [4.78, 5) is 3.44. The average Bonchev–Trinajstić information content (AvgIpc) is 2.27. The van der Waals surface area contributed by atoms with Crippen LogP contribution >= 0.6 is 0 Å². The Morgan fingerprint density at radius 2 is 1.42 bits per heavy atom. The Hall–Kier alpha value is -0.930. The third kappa shape index (κ3) is 1.75. The lowest BCUT2D eigenvalue weighted by atomic mass is 9.63. The van der Waals surface area contributed by atoms with Crippen LogP contribution in [0.15, 0.2) is 24.3 Å². The highest BCUT2D eigenvalue weighted by Gasteiger charge is 2.62. The molecule has 4 heterocycles. The molecule has 2 N–H and O–H groups in total. The molecule has 4 saturated heterocycles. The van der Waals surface area contributed by atoms with E-state index in [2.05, 4.69) is 13.8 Å². The first-order chi connectivity index (χ1) is 8.96. The highest BCUT2D eigenvalue weighted by Crippen LogP contribution is 2.39. The molecule has 0 aliphatic carbocycles. The van der Waals surface area contributed by atoms with Crippen molar-refractivity contribution in [3.05, 3.63) is 35.6 Å². The van der Waals surface area contributed by atoms with Gasteiger partial charge < -0.3 is 0 Å². The maximum absolute atomic E-state index is 13.1. The Morgan fingerprint density at radius 3 is 1.89 bits per heavy atom. The van der Waals surface area contributed by atoms with E-state index in [1.165, 1.54) is 38.2 Å². The molecule has 102 valence electrons. The molecule has 0 amide bonds. The van der Waals surface area contributed by atoms with E-state index in [0.29, 0.717) is 17.0 Å². The first-order valence-electron chi connectivity index (χ1n) is 7.41. The van der Waals surface area contributed by atoms with E-state index in [1.54, 1.807) is 21.9 Å². The first-order valence-corrected chi connectivity index (χ1v) is 7.41. The number of rotatable bonds is 1. The monoisotopic (exact) mass is 262 g/mol. The lowest BCUT2D eigenvalue weighted by Gasteiger charge is -2.60. The van der Waals surface area contributed by atoms with Gasteiger partial charge in [-0.05, 0) is 44.5 Å². The van der Waals surface area contributed by atoms with Crippen LogP contribution in [0.4, 0.5) is 4.39 Å². The van der Waals surface area contributed by atoms with Crippen LogP contribution in [0.2, 0.25) is 0 Å². The van der Waals surface area contributed by atoms with E-state index in [-0.39, 0.29) is 5.82 Å². The molecule has 4 fully saturated rings. The topological polar surface area (TPSA) is 8.88 Å². The van der Waals surface area contributed by atoms with E-state index in [0.717, 1.165) is 0 Å². The Morgan fingerprint density at radius 1 is 0.947 bits per heavy atom. The Balaban J connectivity index is 1.71. The number of benzene rings is 1. The van der Waals surface area contributed by atoms with Gasteiger partial charge in [0.15, 0.2) is 0 Å². The molecule has 3 heteroatoms. The predicted octanol–water partition coefficient (Wildman–Crippen LogP) is 0.0376. The zero-order valence-electron chi connectivity index (χ0n) is 11.8. The summed E-state index contributed by atoms with van der Waals surface area (Å²) >= 11 is 0. The summed E-state index contributed by atoms with van der Waals surface area (Å²) in [5, 5.41) is 0. The second-order valence-electron chi connectivity index (χ2n) is 7.81. The van der Waals surface area contributed by atoms with Gasteiger partial charge in [-0.3, -0.25) is 9.80 Å². The number of halogens is 1. The molecule has 2 nitrogen and oxygen atoms in total. The maximum atomic E-state index is 13.1. The number of quaternary nitrogens is 2. The van der Waals surface area contributed by atoms with Gasteiger partial charge in [-0.1, -0.05) is 0 Å². The summed E-state index contributed by atoms with van der Waals surface area (Å²) in [6, 6.07) is 7.22. The molecule has 4 aliphatic rings. The molecule has 0 aromatic heterocycles. The van der Waals surface area contributed by atoms with Crippen molar-refractivity contribution >= 4 is 0 Å². The number of hydrogen-bond donors (Lipinski definition) is 2. The van der Waals surface area contributed by atoms with Crippen molar-refractivity contribution < 1.29 is 14.2 Å². The van der Waals surface area contributed by atoms with E-state index in [9.17, 15) is 4.39 Å². The van der Waals surface area contributed by atoms with Crippen LogP contribution in [0.25, 0.3) is 0 Å². The molecule has 4 bridgehead atoms. The summed E-state index contributed by atoms with van der Waals surface area (Å²) in [6.45, 7) is 10.1. The molecular weight excluding hydrogens is 239 g/mol. The van der Waals surface area contributed by atoms with Crippen LogP contribution < -0.4 is 9.80 Å². The van der Waals surface area contributed by atoms with Gasteiger partial charge in [-0.15, -0.1) is 0 Å². The van der Waals surface area contributed by atoms with Crippen molar-refractivity contribution in [2.24, 2.45) is 10.8 Å². The molecule has 0 radical (unpaired) electrons. The average molecular weight is 262 g/mol. The van der Waals surface area contributed by atoms with E-state index in [4.69, 9.17) is 0 Å². The van der Waals surface area contributed by atoms with Crippen molar-refractivity contribution in [3.8, 4) is 0 Å². The number of hydrogen-bond acceptors (Lipinski definition) is 0. The van der Waals surface area contributed by atoms with Crippen LogP contribution in [-0.2, 0) is 0 Å². The van der Waals surface area contributed by atoms with Crippen molar-refractivity contribution in [1.29, 1.82) is 0 Å². The fourth-order valence-electron chi connectivity index (χ4n) is 5.55. The third-order valence-electron chi connectivity index (χ3n) is 5.49. The van der Waals surface area contributed by atoms with Gasteiger partial charge in [0.05, 0.1) is 42.6 Å². The quantitative estimate of drug-likeness (QED) is 0.707. The van der Waals surface area contributed by atoms with Crippen LogP contribution in [0.5, 0.6) is 0 Å². The SMILES string of the molecule is CC12C[NH+]3CC(C)(C[NH+](C1)C3c1ccc(F)cc1)C2. The summed E-state index contributed by atoms with van der Waals surface area (Å²) in [6.07, 6.45) is 1.92. The zero-order valence-corrected chi connectivity index (χ0v) is 11.8. The zero-order chi connectivity index (χ0) is 13.3. The lowest BCUT2D eigenvalue weighted by Crippen LogP contribution is -3.40. The van der Waals surface area contributed by atoms with Crippen molar-refractivity contribution in [1.82, 2.24) is 0 Å². The van der Waals surface area contributed by atoms with Crippen LogP contribution in [0.1, 0.15) is 32.0 Å². The predicted molar refractivity (Wildman–Crippen MR) is 71.4 cm³/mol. The molecule has 5 rings (SSSR count). The molecular formula is C16H23FN2+2. The minimum atomic E-state index is -0.124. The molecule has 1 aromatic carbocycles.